The zero-order valence-electron chi connectivity index (χ0n) is 11.7. The van der Waals surface area contributed by atoms with Crippen LogP contribution in [0.15, 0.2) is 23.4 Å². The van der Waals surface area contributed by atoms with Gasteiger partial charge in [-0.3, -0.25) is 4.72 Å². The molecule has 2 rings (SSSR count). The highest BCUT2D eigenvalue weighted by Gasteiger charge is 2.23. The standard InChI is InChI=1S/C13H19N3O4S/c1-9-4-5-10(13(14)15-17)7-12(9)16-21(18,19)8-11-3-2-6-20-11/h4-5,7,11,16-17H,2-3,6,8H2,1H3,(H2,14,15). The van der Waals surface area contributed by atoms with Crippen molar-refractivity contribution in [3.8, 4) is 0 Å². The molecule has 1 atom stereocenters. The summed E-state index contributed by atoms with van der Waals surface area (Å²) in [5.41, 5.74) is 7.12. The van der Waals surface area contributed by atoms with Crippen molar-refractivity contribution in [3.63, 3.8) is 0 Å². The van der Waals surface area contributed by atoms with Crippen LogP contribution in [0.25, 0.3) is 0 Å². The Morgan fingerprint density at radius 3 is 2.95 bits per heavy atom. The molecule has 1 saturated heterocycles. The molecular formula is C13H19N3O4S. The summed E-state index contributed by atoms with van der Waals surface area (Å²) in [7, 11) is -3.51. The molecule has 0 radical (unpaired) electrons. The van der Waals surface area contributed by atoms with E-state index in [1.54, 1.807) is 19.1 Å². The van der Waals surface area contributed by atoms with E-state index in [9.17, 15) is 8.42 Å². The van der Waals surface area contributed by atoms with Crippen molar-refractivity contribution in [3.05, 3.63) is 29.3 Å². The third-order valence-corrected chi connectivity index (χ3v) is 4.68. The van der Waals surface area contributed by atoms with Gasteiger partial charge in [0.25, 0.3) is 0 Å². The number of oxime groups is 1. The zero-order chi connectivity index (χ0) is 15.5. The number of benzene rings is 1. The first-order valence-corrected chi connectivity index (χ1v) is 8.27. The largest absolute Gasteiger partial charge is 0.409 e. The zero-order valence-corrected chi connectivity index (χ0v) is 12.6. The van der Waals surface area contributed by atoms with E-state index >= 15 is 0 Å². The average Bonchev–Trinajstić information content (AvgIpc) is 2.92. The van der Waals surface area contributed by atoms with Gasteiger partial charge in [0, 0.05) is 12.2 Å². The molecule has 1 aliphatic heterocycles. The summed E-state index contributed by atoms with van der Waals surface area (Å²) in [5, 5.41) is 11.6. The van der Waals surface area contributed by atoms with Crippen molar-refractivity contribution in [1.29, 1.82) is 0 Å². The lowest BCUT2D eigenvalue weighted by atomic mass is 10.1. The van der Waals surface area contributed by atoms with Crippen LogP contribution in [-0.4, -0.2) is 37.9 Å². The third-order valence-electron chi connectivity index (χ3n) is 3.34. The Bertz CT molecular complexity index is 637. The molecular weight excluding hydrogens is 294 g/mol. The first-order chi connectivity index (χ1) is 9.91. The minimum atomic E-state index is -3.51. The van der Waals surface area contributed by atoms with Crippen LogP contribution >= 0.6 is 0 Å². The van der Waals surface area contributed by atoms with Crippen LogP contribution in [0.5, 0.6) is 0 Å². The Hall–Kier alpha value is -1.80. The van der Waals surface area contributed by atoms with Crippen LogP contribution in [0.3, 0.4) is 0 Å². The van der Waals surface area contributed by atoms with Gasteiger partial charge < -0.3 is 15.7 Å². The fourth-order valence-corrected chi connectivity index (χ4v) is 3.57. The van der Waals surface area contributed by atoms with E-state index in [0.29, 0.717) is 17.9 Å². The van der Waals surface area contributed by atoms with Gasteiger partial charge in [-0.2, -0.15) is 0 Å². The highest BCUT2D eigenvalue weighted by atomic mass is 32.2. The van der Waals surface area contributed by atoms with E-state index in [0.717, 1.165) is 18.4 Å². The van der Waals surface area contributed by atoms with Gasteiger partial charge in [0.05, 0.1) is 17.5 Å². The lowest BCUT2D eigenvalue weighted by molar-refractivity contribution is 0.127. The molecule has 1 unspecified atom stereocenters. The second kappa shape index (κ2) is 6.31. The number of nitrogens with one attached hydrogen (secondary N) is 1. The van der Waals surface area contributed by atoms with Gasteiger partial charge in [-0.1, -0.05) is 17.3 Å². The van der Waals surface area contributed by atoms with E-state index in [2.05, 4.69) is 9.88 Å². The number of hydrogen-bond donors (Lipinski definition) is 3. The summed E-state index contributed by atoms with van der Waals surface area (Å²) in [6.45, 7) is 2.39. The molecule has 0 aliphatic carbocycles. The molecule has 0 amide bonds. The van der Waals surface area contributed by atoms with E-state index in [-0.39, 0.29) is 17.7 Å². The second-order valence-corrected chi connectivity index (χ2v) is 6.80. The molecule has 21 heavy (non-hydrogen) atoms. The number of rotatable bonds is 5. The van der Waals surface area contributed by atoms with Crippen LogP contribution in [0.4, 0.5) is 5.69 Å². The summed E-state index contributed by atoms with van der Waals surface area (Å²) < 4.78 is 32.2. The van der Waals surface area contributed by atoms with Crippen LogP contribution in [0, 0.1) is 6.92 Å². The molecule has 4 N–H and O–H groups in total. The fourth-order valence-electron chi connectivity index (χ4n) is 2.18. The Kier molecular flexibility index (Phi) is 4.69. The first kappa shape index (κ1) is 15.6. The highest BCUT2D eigenvalue weighted by Crippen LogP contribution is 2.20. The van der Waals surface area contributed by atoms with Crippen molar-refractivity contribution in [2.24, 2.45) is 10.9 Å². The molecule has 1 heterocycles. The van der Waals surface area contributed by atoms with Crippen molar-refractivity contribution in [2.45, 2.75) is 25.9 Å². The monoisotopic (exact) mass is 313 g/mol. The summed E-state index contributed by atoms with van der Waals surface area (Å²) in [6.07, 6.45) is 1.39. The summed E-state index contributed by atoms with van der Waals surface area (Å²) in [6, 6.07) is 4.90. The van der Waals surface area contributed by atoms with Crippen molar-refractivity contribution in [2.75, 3.05) is 17.1 Å². The van der Waals surface area contributed by atoms with Crippen LogP contribution in [0.1, 0.15) is 24.0 Å². The maximum absolute atomic E-state index is 12.2. The number of hydrogen-bond acceptors (Lipinski definition) is 5. The number of amidine groups is 1. The Balaban J connectivity index is 2.17. The second-order valence-electron chi connectivity index (χ2n) is 5.03. The maximum Gasteiger partial charge on any atom is 0.235 e. The molecule has 0 aromatic heterocycles. The minimum Gasteiger partial charge on any atom is -0.409 e. The molecule has 0 spiro atoms. The van der Waals surface area contributed by atoms with E-state index in [4.69, 9.17) is 15.7 Å². The van der Waals surface area contributed by atoms with Crippen molar-refractivity contribution < 1.29 is 18.4 Å². The smallest absolute Gasteiger partial charge is 0.235 e. The van der Waals surface area contributed by atoms with Crippen molar-refractivity contribution in [1.82, 2.24) is 0 Å². The summed E-state index contributed by atoms with van der Waals surface area (Å²) >= 11 is 0. The third kappa shape index (κ3) is 4.08. The Labute approximate surface area is 123 Å². The summed E-state index contributed by atoms with van der Waals surface area (Å²) in [5.74, 6) is -0.144. The molecule has 0 bridgehead atoms. The predicted molar refractivity (Wildman–Crippen MR) is 80.1 cm³/mol. The lowest BCUT2D eigenvalue weighted by Gasteiger charge is -2.14. The molecule has 8 heteroatoms. The van der Waals surface area contributed by atoms with Gasteiger partial charge in [0.15, 0.2) is 5.84 Å². The number of nitrogens with two attached hydrogens (primary N) is 1. The van der Waals surface area contributed by atoms with Crippen LogP contribution in [-0.2, 0) is 14.8 Å². The normalized spacial score (nSPS) is 19.7. The number of sulfonamides is 1. The van der Waals surface area contributed by atoms with Gasteiger partial charge in [-0.25, -0.2) is 8.42 Å². The maximum atomic E-state index is 12.2. The minimum absolute atomic E-state index is 0.0692. The molecule has 1 aromatic rings. The number of anilines is 1. The summed E-state index contributed by atoms with van der Waals surface area (Å²) in [4.78, 5) is 0. The first-order valence-electron chi connectivity index (χ1n) is 6.62. The van der Waals surface area contributed by atoms with Gasteiger partial charge in [0.1, 0.15) is 0 Å². The van der Waals surface area contributed by atoms with E-state index in [1.165, 1.54) is 6.07 Å². The van der Waals surface area contributed by atoms with Crippen LogP contribution in [0.2, 0.25) is 0 Å². The molecule has 116 valence electrons. The van der Waals surface area contributed by atoms with Gasteiger partial charge in [0.2, 0.25) is 10.0 Å². The predicted octanol–water partition coefficient (Wildman–Crippen LogP) is 1.01. The Morgan fingerprint density at radius 2 is 2.33 bits per heavy atom. The topological polar surface area (TPSA) is 114 Å². The van der Waals surface area contributed by atoms with Gasteiger partial charge >= 0.3 is 0 Å². The molecule has 7 nitrogen and oxygen atoms in total. The number of nitrogens with zero attached hydrogens (tertiary/aromatic N) is 1. The number of ether oxygens (including phenoxy) is 1. The molecule has 1 aromatic carbocycles. The van der Waals surface area contributed by atoms with Crippen molar-refractivity contribution >= 4 is 21.5 Å². The molecule has 0 saturated carbocycles. The van der Waals surface area contributed by atoms with Crippen LogP contribution < -0.4 is 10.5 Å². The van der Waals surface area contributed by atoms with Gasteiger partial charge in [-0.15, -0.1) is 0 Å². The fraction of sp³-hybridized carbons (Fsp3) is 0.462. The number of aryl methyl sites for hydroxylation is 1. The average molecular weight is 313 g/mol. The highest BCUT2D eigenvalue weighted by molar-refractivity contribution is 7.92. The van der Waals surface area contributed by atoms with E-state index < -0.39 is 10.0 Å². The van der Waals surface area contributed by atoms with E-state index in [1.807, 2.05) is 0 Å². The molecule has 1 aliphatic rings. The lowest BCUT2D eigenvalue weighted by Crippen LogP contribution is -2.26. The quantitative estimate of drug-likeness (QED) is 0.325. The Morgan fingerprint density at radius 1 is 1.57 bits per heavy atom. The molecule has 1 fully saturated rings. The van der Waals surface area contributed by atoms with Gasteiger partial charge in [-0.05, 0) is 31.4 Å². The SMILES string of the molecule is Cc1ccc(C(N)=NO)cc1NS(=O)(=O)CC1CCCO1.